The molecule has 4 aromatic rings. The van der Waals surface area contributed by atoms with E-state index in [4.69, 9.17) is 0 Å². The van der Waals surface area contributed by atoms with E-state index in [0.29, 0.717) is 17.9 Å². The predicted octanol–water partition coefficient (Wildman–Crippen LogP) is 4.15. The first-order valence-electron chi connectivity index (χ1n) is 8.53. The van der Waals surface area contributed by atoms with Gasteiger partial charge in [0.15, 0.2) is 0 Å². The number of rotatable bonds is 4. The molecule has 0 radical (unpaired) electrons. The zero-order valence-corrected chi connectivity index (χ0v) is 14.4. The molecule has 2 aromatic heterocycles. The molecule has 27 heavy (non-hydrogen) atoms. The number of fused-ring (bicyclic) bond motifs is 1. The maximum absolute atomic E-state index is 14.3. The van der Waals surface area contributed by atoms with Crippen LogP contribution in [0.3, 0.4) is 0 Å². The van der Waals surface area contributed by atoms with Crippen molar-refractivity contribution in [3.05, 3.63) is 106 Å². The fourth-order valence-electron chi connectivity index (χ4n) is 2.93. The van der Waals surface area contributed by atoms with Gasteiger partial charge < -0.3 is 0 Å². The quantitative estimate of drug-likeness (QED) is 0.551. The Balaban J connectivity index is 1.89. The van der Waals surface area contributed by atoms with Crippen LogP contribution in [0.1, 0.15) is 17.0 Å². The second kappa shape index (κ2) is 7.33. The van der Waals surface area contributed by atoms with E-state index < -0.39 is 11.4 Å². The molecular formula is C22H16FN3O. The van der Waals surface area contributed by atoms with Crippen LogP contribution >= 0.6 is 0 Å². The van der Waals surface area contributed by atoms with Crippen molar-refractivity contribution in [2.24, 2.45) is 0 Å². The molecule has 0 spiro atoms. The summed E-state index contributed by atoms with van der Waals surface area (Å²) in [4.78, 5) is 21.6. The molecule has 132 valence electrons. The number of aromatic nitrogens is 3. The van der Waals surface area contributed by atoms with Crippen molar-refractivity contribution in [3.8, 4) is 0 Å². The highest BCUT2D eigenvalue weighted by Crippen LogP contribution is 2.15. The second-order valence-electron chi connectivity index (χ2n) is 6.10. The molecule has 2 heterocycles. The molecule has 0 saturated heterocycles. The van der Waals surface area contributed by atoms with Crippen molar-refractivity contribution < 1.29 is 4.39 Å². The van der Waals surface area contributed by atoms with Crippen LogP contribution in [-0.2, 0) is 6.54 Å². The number of hydrogen-bond donors (Lipinski definition) is 0. The lowest BCUT2D eigenvalue weighted by Crippen LogP contribution is -2.25. The summed E-state index contributed by atoms with van der Waals surface area (Å²) >= 11 is 0. The fourth-order valence-corrected chi connectivity index (χ4v) is 2.93. The summed E-state index contributed by atoms with van der Waals surface area (Å²) < 4.78 is 15.8. The Morgan fingerprint density at radius 1 is 0.963 bits per heavy atom. The normalized spacial score (nSPS) is 11.3. The van der Waals surface area contributed by atoms with Crippen LogP contribution in [-0.4, -0.2) is 14.5 Å². The van der Waals surface area contributed by atoms with Gasteiger partial charge in [-0.05, 0) is 41.5 Å². The smallest absolute Gasteiger partial charge is 0.264 e. The second-order valence-corrected chi connectivity index (χ2v) is 6.10. The van der Waals surface area contributed by atoms with E-state index in [0.717, 1.165) is 11.1 Å². The Morgan fingerprint density at radius 3 is 2.59 bits per heavy atom. The van der Waals surface area contributed by atoms with Gasteiger partial charge in [-0.25, -0.2) is 9.37 Å². The summed E-state index contributed by atoms with van der Waals surface area (Å²) in [5, 5.41) is 0.00644. The van der Waals surface area contributed by atoms with E-state index in [2.05, 4.69) is 9.97 Å². The zero-order valence-electron chi connectivity index (χ0n) is 14.4. The first kappa shape index (κ1) is 16.8. The van der Waals surface area contributed by atoms with Gasteiger partial charge in [0.25, 0.3) is 5.56 Å². The molecular weight excluding hydrogens is 341 g/mol. The Hall–Kier alpha value is -3.60. The maximum Gasteiger partial charge on any atom is 0.264 e. The van der Waals surface area contributed by atoms with Gasteiger partial charge in [0, 0.05) is 12.4 Å². The van der Waals surface area contributed by atoms with Gasteiger partial charge in [-0.1, -0.05) is 42.5 Å². The zero-order chi connectivity index (χ0) is 18.6. The largest absolute Gasteiger partial charge is 0.288 e. The Kier molecular flexibility index (Phi) is 4.58. The van der Waals surface area contributed by atoms with Crippen molar-refractivity contribution in [1.29, 1.82) is 0 Å². The van der Waals surface area contributed by atoms with Gasteiger partial charge in [0.2, 0.25) is 0 Å². The molecule has 0 amide bonds. The van der Waals surface area contributed by atoms with E-state index in [1.165, 1.54) is 10.6 Å². The van der Waals surface area contributed by atoms with Gasteiger partial charge in [-0.15, -0.1) is 0 Å². The summed E-state index contributed by atoms with van der Waals surface area (Å²) in [5.74, 6) is -0.0968. The highest BCUT2D eigenvalue weighted by molar-refractivity contribution is 5.80. The highest BCUT2D eigenvalue weighted by Gasteiger charge is 2.13. The molecule has 4 rings (SSSR count). The number of benzene rings is 2. The standard InChI is InChI=1S/C22H16FN3O/c23-18-9-4-10-19-21(18)22(27)26(15-17-6-2-1-3-7-17)20(25-19)12-11-16-8-5-13-24-14-16/h1-14H,15H2/b12-11+. The fraction of sp³-hybridized carbons (Fsp3) is 0.0455. The number of hydrogen-bond acceptors (Lipinski definition) is 3. The van der Waals surface area contributed by atoms with Crippen molar-refractivity contribution in [3.63, 3.8) is 0 Å². The van der Waals surface area contributed by atoms with Gasteiger partial charge in [0.1, 0.15) is 17.0 Å². The van der Waals surface area contributed by atoms with Gasteiger partial charge in [-0.3, -0.25) is 14.3 Å². The Bertz CT molecular complexity index is 1170. The summed E-state index contributed by atoms with van der Waals surface area (Å²) in [6.07, 6.45) is 7.00. The first-order chi connectivity index (χ1) is 13.2. The molecule has 0 bridgehead atoms. The minimum absolute atomic E-state index is 0.00644. The van der Waals surface area contributed by atoms with Crippen LogP contribution in [0.25, 0.3) is 23.1 Å². The van der Waals surface area contributed by atoms with E-state index in [-0.39, 0.29) is 5.39 Å². The molecule has 0 atom stereocenters. The average molecular weight is 357 g/mol. The third-order valence-electron chi connectivity index (χ3n) is 4.25. The molecule has 0 aliphatic rings. The van der Waals surface area contributed by atoms with Crippen LogP contribution < -0.4 is 5.56 Å². The summed E-state index contributed by atoms with van der Waals surface area (Å²) in [5.41, 5.74) is 1.77. The lowest BCUT2D eigenvalue weighted by molar-refractivity contribution is 0.633. The van der Waals surface area contributed by atoms with Crippen LogP contribution in [0.5, 0.6) is 0 Å². The topological polar surface area (TPSA) is 47.8 Å². The predicted molar refractivity (Wildman–Crippen MR) is 105 cm³/mol. The first-order valence-corrected chi connectivity index (χ1v) is 8.53. The number of nitrogens with zero attached hydrogens (tertiary/aromatic N) is 3. The van der Waals surface area contributed by atoms with Crippen LogP contribution in [0.15, 0.2) is 77.9 Å². The van der Waals surface area contributed by atoms with Crippen molar-refractivity contribution in [2.45, 2.75) is 6.54 Å². The minimum Gasteiger partial charge on any atom is -0.288 e. The third kappa shape index (κ3) is 3.53. The summed E-state index contributed by atoms with van der Waals surface area (Å²) in [7, 11) is 0. The lowest BCUT2D eigenvalue weighted by atomic mass is 10.2. The van der Waals surface area contributed by atoms with E-state index in [1.54, 1.807) is 30.6 Å². The molecule has 0 saturated carbocycles. The summed E-state index contributed by atoms with van der Waals surface area (Å²) in [6, 6.07) is 17.8. The minimum atomic E-state index is -0.561. The van der Waals surface area contributed by atoms with Crippen LogP contribution in [0.4, 0.5) is 4.39 Å². The van der Waals surface area contributed by atoms with Gasteiger partial charge >= 0.3 is 0 Å². The maximum atomic E-state index is 14.3. The highest BCUT2D eigenvalue weighted by atomic mass is 19.1. The molecule has 0 N–H and O–H groups in total. The average Bonchev–Trinajstić information content (AvgIpc) is 2.70. The van der Waals surface area contributed by atoms with Crippen LogP contribution in [0, 0.1) is 5.82 Å². The van der Waals surface area contributed by atoms with E-state index in [9.17, 15) is 9.18 Å². The lowest BCUT2D eigenvalue weighted by Gasteiger charge is -2.12. The molecule has 4 nitrogen and oxygen atoms in total. The molecule has 5 heteroatoms. The van der Waals surface area contributed by atoms with Crippen molar-refractivity contribution >= 4 is 23.1 Å². The van der Waals surface area contributed by atoms with E-state index >= 15 is 0 Å². The van der Waals surface area contributed by atoms with Crippen molar-refractivity contribution in [2.75, 3.05) is 0 Å². The Morgan fingerprint density at radius 2 is 1.81 bits per heavy atom. The molecule has 2 aromatic carbocycles. The number of pyridine rings is 1. The molecule has 0 aliphatic carbocycles. The Labute approximate surface area is 155 Å². The van der Waals surface area contributed by atoms with Gasteiger partial charge in [0.05, 0.1) is 12.1 Å². The molecule has 0 unspecified atom stereocenters. The van der Waals surface area contributed by atoms with Crippen LogP contribution in [0.2, 0.25) is 0 Å². The number of halogens is 1. The SMILES string of the molecule is O=c1c2c(F)cccc2nc(/C=C/c2cccnc2)n1Cc1ccccc1. The molecule has 0 aliphatic heterocycles. The monoisotopic (exact) mass is 357 g/mol. The van der Waals surface area contributed by atoms with E-state index in [1.807, 2.05) is 48.5 Å². The van der Waals surface area contributed by atoms with Crippen molar-refractivity contribution in [1.82, 2.24) is 14.5 Å². The third-order valence-corrected chi connectivity index (χ3v) is 4.25. The van der Waals surface area contributed by atoms with Gasteiger partial charge in [-0.2, -0.15) is 0 Å². The summed E-state index contributed by atoms with van der Waals surface area (Å²) in [6.45, 7) is 0.309. The molecule has 0 fully saturated rings.